The molecule has 0 saturated carbocycles. The monoisotopic (exact) mass is 519 g/mol. The topological polar surface area (TPSA) is 306 Å². The lowest BCUT2D eigenvalue weighted by Gasteiger charge is -2.24. The van der Waals surface area contributed by atoms with E-state index in [0.29, 0.717) is 0 Å². The molecule has 0 aromatic carbocycles. The maximum atomic E-state index is 12.8. The van der Waals surface area contributed by atoms with Crippen LogP contribution in [-0.4, -0.2) is 92.1 Å². The molecule has 0 aromatic rings. The number of hydrogen-bond acceptors (Lipinski definition) is 9. The number of hydrogen-bond donors (Lipinski definition) is 9. The minimum absolute atomic E-state index is 0.182. The molecule has 0 bridgehead atoms. The lowest BCUT2D eigenvalue weighted by Crippen LogP contribution is -2.57. The predicted molar refractivity (Wildman–Crippen MR) is 116 cm³/mol. The third-order valence-corrected chi connectivity index (χ3v) is 4.59. The molecule has 11 N–H and O–H groups in total. The number of carbonyl (C=O) groups is 8. The second kappa shape index (κ2) is 15.6. The van der Waals surface area contributed by atoms with Gasteiger partial charge < -0.3 is 47.8 Å². The molecule has 0 saturated heterocycles. The van der Waals surface area contributed by atoms with Crippen LogP contribution in [0.4, 0.5) is 0 Å². The summed E-state index contributed by atoms with van der Waals surface area (Å²) in [5.41, 5.74) is 10.6. The Bertz CT molecular complexity index is 877. The fourth-order valence-electron chi connectivity index (χ4n) is 2.70. The van der Waals surface area contributed by atoms with E-state index in [1.165, 1.54) is 0 Å². The van der Waals surface area contributed by atoms with E-state index in [1.807, 2.05) is 5.32 Å². The minimum Gasteiger partial charge on any atom is -0.481 e. The molecule has 0 spiro atoms. The Morgan fingerprint density at radius 1 is 0.583 bits per heavy atom. The van der Waals surface area contributed by atoms with Crippen molar-refractivity contribution in [2.24, 2.45) is 11.5 Å². The van der Waals surface area contributed by atoms with Crippen molar-refractivity contribution in [1.82, 2.24) is 16.0 Å². The number of nitrogens with one attached hydrogen (secondary N) is 3. The number of amides is 4. The summed E-state index contributed by atoms with van der Waals surface area (Å²) in [6.45, 7) is 0. The normalized spacial score (nSPS) is 13.8. The van der Waals surface area contributed by atoms with Crippen molar-refractivity contribution in [2.45, 2.75) is 69.1 Å². The second-order valence-corrected chi connectivity index (χ2v) is 7.60. The van der Waals surface area contributed by atoms with E-state index >= 15 is 0 Å². The van der Waals surface area contributed by atoms with E-state index < -0.39 is 104 Å². The summed E-state index contributed by atoms with van der Waals surface area (Å²) >= 11 is 0. The smallest absolute Gasteiger partial charge is 0.326 e. The van der Waals surface area contributed by atoms with Gasteiger partial charge in [-0.1, -0.05) is 0 Å². The highest BCUT2D eigenvalue weighted by atomic mass is 16.4. The van der Waals surface area contributed by atoms with E-state index in [0.717, 1.165) is 0 Å². The van der Waals surface area contributed by atoms with Gasteiger partial charge >= 0.3 is 23.9 Å². The van der Waals surface area contributed by atoms with Gasteiger partial charge in [-0.15, -0.1) is 0 Å². The van der Waals surface area contributed by atoms with Crippen LogP contribution < -0.4 is 27.4 Å². The first kappa shape index (κ1) is 31.7. The van der Waals surface area contributed by atoms with E-state index in [1.54, 1.807) is 0 Å². The first-order valence-corrected chi connectivity index (χ1v) is 10.5. The van der Waals surface area contributed by atoms with E-state index in [4.69, 9.17) is 31.9 Å². The summed E-state index contributed by atoms with van der Waals surface area (Å²) in [6, 6.07) is -6.44. The highest BCUT2D eigenvalue weighted by Crippen LogP contribution is 2.06. The molecule has 0 rings (SSSR count). The van der Waals surface area contributed by atoms with Gasteiger partial charge in [0.25, 0.3) is 0 Å². The number of carboxylic acids is 4. The largest absolute Gasteiger partial charge is 0.481 e. The van der Waals surface area contributed by atoms with Crippen LogP contribution in [0.25, 0.3) is 0 Å². The molecule has 17 heteroatoms. The molecule has 0 aromatic heterocycles. The average molecular weight is 519 g/mol. The number of carboxylic acid groups (broad SMARTS) is 4. The van der Waals surface area contributed by atoms with Gasteiger partial charge in [0.1, 0.15) is 18.1 Å². The third-order valence-electron chi connectivity index (χ3n) is 4.59. The lowest BCUT2D eigenvalue weighted by atomic mass is 10.1. The van der Waals surface area contributed by atoms with E-state index in [9.17, 15) is 38.4 Å². The predicted octanol–water partition coefficient (Wildman–Crippen LogP) is -3.68. The van der Waals surface area contributed by atoms with Gasteiger partial charge in [0.15, 0.2) is 0 Å². The second-order valence-electron chi connectivity index (χ2n) is 7.60. The van der Waals surface area contributed by atoms with Gasteiger partial charge in [-0.05, 0) is 19.3 Å². The Morgan fingerprint density at radius 3 is 1.36 bits per heavy atom. The van der Waals surface area contributed by atoms with Crippen LogP contribution in [0.5, 0.6) is 0 Å². The summed E-state index contributed by atoms with van der Waals surface area (Å²) in [5.74, 6) is -10.0. The SMILES string of the molecule is NC(=O)CCC(N)C(=O)NC(CCC(=O)O)C(=O)NC(CCC(=O)O)C(=O)NC(CC(=O)O)C(=O)O. The molecule has 4 amide bonds. The van der Waals surface area contributed by atoms with Crippen molar-refractivity contribution >= 4 is 47.5 Å². The van der Waals surface area contributed by atoms with E-state index in [-0.39, 0.29) is 12.8 Å². The number of carbonyl (C=O) groups excluding carboxylic acids is 4. The molecule has 0 fully saturated rings. The standard InChI is InChI=1S/C19H29N5O12/c20-8(1-4-12(21)25)16(32)22-9(2-5-13(26)27)17(33)23-10(3-6-14(28)29)18(34)24-11(19(35)36)7-15(30)31/h8-11H,1-7,20H2,(H2,21,25)(H,22,32)(H,23,33)(H,24,34)(H,26,27)(H,28,29)(H,30,31)(H,35,36). The third kappa shape index (κ3) is 13.4. The molecular formula is C19H29N5O12. The van der Waals surface area contributed by atoms with Crippen LogP contribution in [0, 0.1) is 0 Å². The van der Waals surface area contributed by atoms with Gasteiger partial charge in [0.2, 0.25) is 23.6 Å². The molecule has 202 valence electrons. The number of rotatable bonds is 18. The fraction of sp³-hybridized carbons (Fsp3) is 0.579. The summed E-state index contributed by atoms with van der Waals surface area (Å²) in [6.07, 6.45) is -3.75. The first-order valence-electron chi connectivity index (χ1n) is 10.5. The van der Waals surface area contributed by atoms with Crippen LogP contribution in [0.3, 0.4) is 0 Å². The van der Waals surface area contributed by atoms with E-state index in [2.05, 4.69) is 10.6 Å². The zero-order valence-corrected chi connectivity index (χ0v) is 19.0. The van der Waals surface area contributed by atoms with Crippen molar-refractivity contribution in [3.05, 3.63) is 0 Å². The first-order chi connectivity index (χ1) is 16.6. The Balaban J connectivity index is 5.64. The Kier molecular flexibility index (Phi) is 13.7. The Hall–Kier alpha value is -4.28. The van der Waals surface area contributed by atoms with Gasteiger partial charge in [0.05, 0.1) is 12.5 Å². The van der Waals surface area contributed by atoms with Crippen LogP contribution >= 0.6 is 0 Å². The zero-order chi connectivity index (χ0) is 28.0. The molecule has 0 aliphatic heterocycles. The van der Waals surface area contributed by atoms with Crippen molar-refractivity contribution < 1.29 is 58.8 Å². The molecule has 0 aliphatic rings. The summed E-state index contributed by atoms with van der Waals surface area (Å²) < 4.78 is 0. The highest BCUT2D eigenvalue weighted by Gasteiger charge is 2.31. The average Bonchev–Trinajstić information content (AvgIpc) is 2.75. The summed E-state index contributed by atoms with van der Waals surface area (Å²) in [4.78, 5) is 92.4. The highest BCUT2D eigenvalue weighted by molar-refractivity contribution is 5.95. The lowest BCUT2D eigenvalue weighted by molar-refractivity contribution is -0.147. The van der Waals surface area contributed by atoms with Gasteiger partial charge in [-0.2, -0.15) is 0 Å². The van der Waals surface area contributed by atoms with Crippen LogP contribution in [-0.2, 0) is 38.4 Å². The molecule has 4 atom stereocenters. The van der Waals surface area contributed by atoms with Gasteiger partial charge in [0, 0.05) is 19.3 Å². The van der Waals surface area contributed by atoms with Crippen molar-refractivity contribution in [1.29, 1.82) is 0 Å². The Morgan fingerprint density at radius 2 is 1.00 bits per heavy atom. The van der Waals surface area contributed by atoms with Crippen molar-refractivity contribution in [3.63, 3.8) is 0 Å². The molecule has 17 nitrogen and oxygen atoms in total. The van der Waals surface area contributed by atoms with Crippen molar-refractivity contribution in [2.75, 3.05) is 0 Å². The molecule has 36 heavy (non-hydrogen) atoms. The zero-order valence-electron chi connectivity index (χ0n) is 19.0. The van der Waals surface area contributed by atoms with Gasteiger partial charge in [-0.25, -0.2) is 4.79 Å². The molecule has 0 heterocycles. The molecule has 0 aliphatic carbocycles. The van der Waals surface area contributed by atoms with Crippen LogP contribution in [0.15, 0.2) is 0 Å². The molecular weight excluding hydrogens is 490 g/mol. The Labute approximate surface area is 203 Å². The molecule has 0 radical (unpaired) electrons. The quantitative estimate of drug-likeness (QED) is 0.0843. The van der Waals surface area contributed by atoms with Crippen LogP contribution in [0.2, 0.25) is 0 Å². The van der Waals surface area contributed by atoms with Crippen LogP contribution in [0.1, 0.15) is 44.9 Å². The summed E-state index contributed by atoms with van der Waals surface area (Å²) in [7, 11) is 0. The number of nitrogens with two attached hydrogens (primary N) is 2. The fourth-order valence-corrected chi connectivity index (χ4v) is 2.70. The minimum atomic E-state index is -1.90. The molecule has 4 unspecified atom stereocenters. The maximum absolute atomic E-state index is 12.8. The number of aliphatic carboxylic acids is 4. The van der Waals surface area contributed by atoms with Gasteiger partial charge in [-0.3, -0.25) is 33.6 Å². The van der Waals surface area contributed by atoms with Crippen molar-refractivity contribution in [3.8, 4) is 0 Å². The number of primary amides is 1. The summed E-state index contributed by atoms with van der Waals surface area (Å²) in [5, 5.41) is 41.9. The maximum Gasteiger partial charge on any atom is 0.326 e.